The van der Waals surface area contributed by atoms with Crippen LogP contribution in [0.2, 0.25) is 0 Å². The van der Waals surface area contributed by atoms with Gasteiger partial charge in [-0.15, -0.1) is 0 Å². The van der Waals surface area contributed by atoms with Gasteiger partial charge in [0.2, 0.25) is 5.91 Å². The van der Waals surface area contributed by atoms with E-state index in [9.17, 15) is 9.59 Å². The van der Waals surface area contributed by atoms with Gasteiger partial charge in [0.25, 0.3) is 5.91 Å². The fourth-order valence-electron chi connectivity index (χ4n) is 3.78. The van der Waals surface area contributed by atoms with E-state index in [1.54, 1.807) is 37.6 Å². The molecule has 150 valence electrons. The first kappa shape index (κ1) is 19.8. The predicted molar refractivity (Wildman–Crippen MR) is 116 cm³/mol. The molecule has 0 bridgehead atoms. The molecule has 2 saturated heterocycles. The molecule has 0 N–H and O–H groups in total. The summed E-state index contributed by atoms with van der Waals surface area (Å²) in [6.07, 6.45) is 9.65. The Morgan fingerprint density at radius 1 is 1.38 bits per heavy atom. The quantitative estimate of drug-likeness (QED) is 0.542. The summed E-state index contributed by atoms with van der Waals surface area (Å²) in [6, 6.07) is 6.73. The number of amides is 2. The van der Waals surface area contributed by atoms with Gasteiger partial charge in [0.1, 0.15) is 16.1 Å². The van der Waals surface area contributed by atoms with Crippen LogP contribution in [0.25, 0.3) is 6.08 Å². The van der Waals surface area contributed by atoms with Gasteiger partial charge in [-0.1, -0.05) is 30.0 Å². The van der Waals surface area contributed by atoms with Gasteiger partial charge in [-0.25, -0.2) is 0 Å². The predicted octanol–water partition coefficient (Wildman–Crippen LogP) is 4.02. The minimum Gasteiger partial charge on any atom is -0.465 e. The summed E-state index contributed by atoms with van der Waals surface area (Å²) >= 11 is 6.62. The van der Waals surface area contributed by atoms with Crippen LogP contribution in [0.3, 0.4) is 0 Å². The number of hydrogen-bond donors (Lipinski definition) is 0. The summed E-state index contributed by atoms with van der Waals surface area (Å²) in [6.45, 7) is 2.41. The topological polar surface area (TPSA) is 66.7 Å². The maximum atomic E-state index is 13.4. The van der Waals surface area contributed by atoms with Crippen molar-refractivity contribution in [2.24, 2.45) is 0 Å². The fourth-order valence-corrected chi connectivity index (χ4v) is 5.18. The Morgan fingerprint density at radius 2 is 2.24 bits per heavy atom. The molecule has 2 fully saturated rings. The maximum Gasteiger partial charge on any atom is 0.267 e. The highest BCUT2D eigenvalue weighted by Crippen LogP contribution is 2.36. The molecule has 2 amide bonds. The molecule has 0 unspecified atom stereocenters. The van der Waals surface area contributed by atoms with E-state index in [4.69, 9.17) is 16.6 Å². The number of pyridine rings is 1. The van der Waals surface area contributed by atoms with Crippen LogP contribution in [0.1, 0.15) is 43.6 Å². The van der Waals surface area contributed by atoms with Gasteiger partial charge in [-0.3, -0.25) is 19.5 Å². The number of rotatable bonds is 4. The van der Waals surface area contributed by atoms with Crippen molar-refractivity contribution in [2.75, 3.05) is 6.54 Å². The second-order valence-corrected chi connectivity index (χ2v) is 8.75. The highest BCUT2D eigenvalue weighted by Gasteiger charge is 2.41. The molecule has 29 heavy (non-hydrogen) atoms. The first-order valence-corrected chi connectivity index (χ1v) is 10.8. The molecule has 4 heterocycles. The Morgan fingerprint density at radius 3 is 2.97 bits per heavy atom. The van der Waals surface area contributed by atoms with Gasteiger partial charge in [-0.05, 0) is 49.9 Å². The third-order valence-corrected chi connectivity index (χ3v) is 6.57. The summed E-state index contributed by atoms with van der Waals surface area (Å²) in [5.74, 6) is 0.235. The van der Waals surface area contributed by atoms with Gasteiger partial charge < -0.3 is 9.32 Å². The van der Waals surface area contributed by atoms with Crippen molar-refractivity contribution in [3.63, 3.8) is 0 Å². The van der Waals surface area contributed by atoms with Crippen LogP contribution in [-0.2, 0) is 9.59 Å². The molecule has 6 nitrogen and oxygen atoms in total. The molecule has 0 spiro atoms. The number of carbonyl (C=O) groups is 2. The lowest BCUT2D eigenvalue weighted by Crippen LogP contribution is -2.51. The zero-order valence-corrected chi connectivity index (χ0v) is 17.6. The van der Waals surface area contributed by atoms with Gasteiger partial charge in [0.15, 0.2) is 0 Å². The number of hydrogen-bond acceptors (Lipinski definition) is 6. The van der Waals surface area contributed by atoms with Gasteiger partial charge in [-0.2, -0.15) is 0 Å². The average Bonchev–Trinajstić information content (AvgIpc) is 3.35. The van der Waals surface area contributed by atoms with E-state index < -0.39 is 6.04 Å². The Hall–Kier alpha value is -2.45. The molecule has 2 atom stereocenters. The zero-order chi connectivity index (χ0) is 20.4. The molecule has 0 radical (unpaired) electrons. The fraction of sp³-hybridized carbons (Fsp3) is 0.333. The lowest BCUT2D eigenvalue weighted by Gasteiger charge is -2.38. The Balaban J connectivity index is 1.55. The van der Waals surface area contributed by atoms with Crippen LogP contribution in [0, 0.1) is 0 Å². The van der Waals surface area contributed by atoms with E-state index in [1.165, 1.54) is 16.7 Å². The number of nitrogens with zero attached hydrogens (tertiary/aromatic N) is 3. The van der Waals surface area contributed by atoms with E-state index in [-0.39, 0.29) is 17.9 Å². The molecule has 2 aromatic heterocycles. The van der Waals surface area contributed by atoms with E-state index >= 15 is 0 Å². The van der Waals surface area contributed by atoms with E-state index in [0.717, 1.165) is 24.8 Å². The maximum absolute atomic E-state index is 13.4. The van der Waals surface area contributed by atoms with Crippen LogP contribution in [-0.4, -0.2) is 43.5 Å². The first-order valence-electron chi connectivity index (χ1n) is 9.57. The lowest BCUT2D eigenvalue weighted by atomic mass is 9.95. The summed E-state index contributed by atoms with van der Waals surface area (Å²) in [4.78, 5) is 34.3. The molecule has 0 aliphatic carbocycles. The number of furan rings is 1. The molecular formula is C21H21N3O3S2. The minimum atomic E-state index is -0.665. The van der Waals surface area contributed by atoms with E-state index in [0.29, 0.717) is 21.5 Å². The third-order valence-electron chi connectivity index (χ3n) is 5.24. The number of carbonyl (C=O) groups excluding carboxylic acids is 2. The van der Waals surface area contributed by atoms with Crippen molar-refractivity contribution in [2.45, 2.75) is 38.3 Å². The van der Waals surface area contributed by atoms with E-state index in [1.807, 2.05) is 23.2 Å². The van der Waals surface area contributed by atoms with Gasteiger partial charge >= 0.3 is 0 Å². The van der Waals surface area contributed by atoms with Crippen molar-refractivity contribution in [1.82, 2.24) is 14.8 Å². The summed E-state index contributed by atoms with van der Waals surface area (Å²) in [7, 11) is 0. The normalized spacial score (nSPS) is 22.4. The minimum absolute atomic E-state index is 0.0236. The number of thiocarbonyl (C=S) groups is 1. The smallest absolute Gasteiger partial charge is 0.267 e. The summed E-state index contributed by atoms with van der Waals surface area (Å²) < 4.78 is 5.69. The molecule has 8 heteroatoms. The van der Waals surface area contributed by atoms with E-state index in [2.05, 4.69) is 4.98 Å². The van der Waals surface area contributed by atoms with Gasteiger partial charge in [0.05, 0.1) is 17.2 Å². The van der Waals surface area contributed by atoms with Crippen molar-refractivity contribution < 1.29 is 14.0 Å². The lowest BCUT2D eigenvalue weighted by molar-refractivity contribution is -0.142. The molecule has 2 aromatic rings. The molecule has 2 aliphatic heterocycles. The molecule has 0 saturated carbocycles. The average molecular weight is 428 g/mol. The zero-order valence-electron chi connectivity index (χ0n) is 16.0. The first-order chi connectivity index (χ1) is 14.1. The Labute approximate surface area is 179 Å². The highest BCUT2D eigenvalue weighted by molar-refractivity contribution is 8.26. The van der Waals surface area contributed by atoms with Crippen LogP contribution < -0.4 is 0 Å². The SMILES string of the molecule is C[C@H](C(=O)N1CCCC[C@@H]1c1cccnc1)N1C(=O)/C(=C/c2ccco2)SC1=S. The second kappa shape index (κ2) is 8.51. The van der Waals surface area contributed by atoms with Crippen LogP contribution in [0.4, 0.5) is 0 Å². The number of piperidine rings is 1. The Kier molecular flexibility index (Phi) is 5.82. The Bertz CT molecular complexity index is 943. The van der Waals surface area contributed by atoms with Crippen molar-refractivity contribution in [3.05, 3.63) is 59.2 Å². The number of aromatic nitrogens is 1. The van der Waals surface area contributed by atoms with Gasteiger partial charge in [0, 0.05) is 25.0 Å². The molecular weight excluding hydrogens is 406 g/mol. The second-order valence-electron chi connectivity index (χ2n) is 7.07. The number of thioether (sulfide) groups is 1. The monoisotopic (exact) mass is 427 g/mol. The van der Waals surface area contributed by atoms with Crippen LogP contribution in [0.15, 0.2) is 52.2 Å². The van der Waals surface area contributed by atoms with Crippen molar-refractivity contribution >= 4 is 46.2 Å². The third kappa shape index (κ3) is 4.00. The van der Waals surface area contributed by atoms with Crippen LogP contribution >= 0.6 is 24.0 Å². The summed E-state index contributed by atoms with van der Waals surface area (Å²) in [5, 5.41) is 0. The standard InChI is InChI=1S/C21H21N3O3S2/c1-14(24-20(26)18(29-21(24)28)12-16-7-5-11-27-16)19(25)23-10-3-2-8-17(23)15-6-4-9-22-13-15/h4-7,9,11-14,17H,2-3,8,10H2,1H3/b18-12-/t14-,17-/m1/s1. The highest BCUT2D eigenvalue weighted by atomic mass is 32.2. The molecule has 2 aliphatic rings. The van der Waals surface area contributed by atoms with Crippen molar-refractivity contribution in [3.8, 4) is 0 Å². The molecule has 0 aromatic carbocycles. The molecule has 4 rings (SSSR count). The number of likely N-dealkylation sites (tertiary alicyclic amines) is 1. The summed E-state index contributed by atoms with van der Waals surface area (Å²) in [5.41, 5.74) is 1.02. The van der Waals surface area contributed by atoms with Crippen LogP contribution in [0.5, 0.6) is 0 Å². The van der Waals surface area contributed by atoms with Crippen molar-refractivity contribution in [1.29, 1.82) is 0 Å². The largest absolute Gasteiger partial charge is 0.465 e.